The third-order valence-corrected chi connectivity index (χ3v) is 3.80. The fraction of sp³-hybridized carbons (Fsp3) is 0.600. The highest BCUT2D eigenvalue weighted by atomic mass is 16.3. The van der Waals surface area contributed by atoms with Gasteiger partial charge < -0.3 is 15.3 Å². The Kier molecular flexibility index (Phi) is 4.60. The molecule has 1 heterocycles. The second-order valence-corrected chi connectivity index (χ2v) is 5.77. The monoisotopic (exact) mass is 277 g/mol. The Balaban J connectivity index is 1.92. The molecule has 1 aromatic heterocycles. The minimum absolute atomic E-state index is 0.0602. The van der Waals surface area contributed by atoms with E-state index < -0.39 is 5.60 Å². The number of anilines is 1. The van der Waals surface area contributed by atoms with Crippen LogP contribution in [0.5, 0.6) is 0 Å². The molecule has 1 aliphatic carbocycles. The Morgan fingerprint density at radius 1 is 1.35 bits per heavy atom. The lowest BCUT2D eigenvalue weighted by atomic mass is 9.85. The van der Waals surface area contributed by atoms with E-state index in [-0.39, 0.29) is 5.91 Å². The van der Waals surface area contributed by atoms with E-state index in [1.807, 2.05) is 0 Å². The number of hydrogen-bond donors (Lipinski definition) is 2. The topological polar surface area (TPSA) is 65.5 Å². The predicted molar refractivity (Wildman–Crippen MR) is 78.8 cm³/mol. The molecule has 5 heteroatoms. The van der Waals surface area contributed by atoms with Gasteiger partial charge in [-0.1, -0.05) is 19.3 Å². The Morgan fingerprint density at radius 2 is 2.05 bits per heavy atom. The van der Waals surface area contributed by atoms with Crippen molar-refractivity contribution in [2.45, 2.75) is 37.7 Å². The molecule has 2 rings (SSSR count). The van der Waals surface area contributed by atoms with Crippen molar-refractivity contribution in [1.29, 1.82) is 0 Å². The third-order valence-electron chi connectivity index (χ3n) is 3.80. The van der Waals surface area contributed by atoms with E-state index in [4.69, 9.17) is 0 Å². The average Bonchev–Trinajstić information content (AvgIpc) is 2.46. The van der Waals surface area contributed by atoms with Crippen LogP contribution >= 0.6 is 0 Å². The highest BCUT2D eigenvalue weighted by Crippen LogP contribution is 2.28. The van der Waals surface area contributed by atoms with Gasteiger partial charge in [-0.3, -0.25) is 4.79 Å². The van der Waals surface area contributed by atoms with Crippen LogP contribution < -0.4 is 5.32 Å². The van der Waals surface area contributed by atoms with Crippen LogP contribution in [0.25, 0.3) is 0 Å². The zero-order valence-electron chi connectivity index (χ0n) is 12.2. The average molecular weight is 277 g/mol. The number of carbonyl (C=O) groups excluding carboxylic acids is 1. The fourth-order valence-corrected chi connectivity index (χ4v) is 2.52. The number of rotatable bonds is 4. The van der Waals surface area contributed by atoms with Gasteiger partial charge in [0.2, 0.25) is 0 Å². The van der Waals surface area contributed by atoms with Gasteiger partial charge in [0.05, 0.1) is 11.2 Å². The lowest BCUT2D eigenvalue weighted by Gasteiger charge is -2.32. The predicted octanol–water partition coefficient (Wildman–Crippen LogP) is 1.89. The number of carbonyl (C=O) groups is 1. The molecule has 0 bridgehead atoms. The third kappa shape index (κ3) is 3.70. The Morgan fingerprint density at radius 3 is 2.60 bits per heavy atom. The molecule has 20 heavy (non-hydrogen) atoms. The van der Waals surface area contributed by atoms with E-state index in [2.05, 4.69) is 10.3 Å². The summed E-state index contributed by atoms with van der Waals surface area (Å²) in [6.45, 7) is 0.515. The smallest absolute Gasteiger partial charge is 0.254 e. The maximum atomic E-state index is 11.7. The highest BCUT2D eigenvalue weighted by molar-refractivity contribution is 5.93. The summed E-state index contributed by atoms with van der Waals surface area (Å²) in [6.07, 6.45) is 6.63. The second kappa shape index (κ2) is 6.22. The molecule has 0 aromatic carbocycles. The molecular formula is C15H23N3O2. The first-order valence-corrected chi connectivity index (χ1v) is 7.14. The molecule has 2 N–H and O–H groups in total. The summed E-state index contributed by atoms with van der Waals surface area (Å²) in [4.78, 5) is 17.5. The van der Waals surface area contributed by atoms with Gasteiger partial charge in [-0.2, -0.15) is 0 Å². The quantitative estimate of drug-likeness (QED) is 0.882. The number of nitrogens with zero attached hydrogens (tertiary/aromatic N) is 2. The van der Waals surface area contributed by atoms with Crippen LogP contribution in [0, 0.1) is 0 Å². The van der Waals surface area contributed by atoms with E-state index in [1.54, 1.807) is 32.4 Å². The zero-order valence-corrected chi connectivity index (χ0v) is 12.2. The lowest BCUT2D eigenvalue weighted by molar-refractivity contribution is 0.0166. The van der Waals surface area contributed by atoms with E-state index in [0.717, 1.165) is 25.7 Å². The van der Waals surface area contributed by atoms with E-state index in [9.17, 15) is 9.90 Å². The second-order valence-electron chi connectivity index (χ2n) is 5.77. The Bertz CT molecular complexity index is 451. The van der Waals surface area contributed by atoms with Crippen LogP contribution in [-0.2, 0) is 0 Å². The molecule has 0 spiro atoms. The molecule has 0 aliphatic heterocycles. The summed E-state index contributed by atoms with van der Waals surface area (Å²) in [5.41, 5.74) is -0.0464. The Labute approximate surface area is 120 Å². The maximum Gasteiger partial charge on any atom is 0.254 e. The molecule has 0 radical (unpaired) electrons. The summed E-state index contributed by atoms with van der Waals surface area (Å²) in [6, 6.07) is 3.53. The standard InChI is InChI=1S/C15H23N3O2/c1-18(2)14(19)12-6-7-13(16-10-12)17-11-15(20)8-4-3-5-9-15/h6-7,10,20H,3-5,8-9,11H2,1-2H3,(H,16,17). The van der Waals surface area contributed by atoms with Crippen molar-refractivity contribution < 1.29 is 9.90 Å². The molecule has 0 unspecified atom stereocenters. The van der Waals surface area contributed by atoms with Crippen LogP contribution in [0.1, 0.15) is 42.5 Å². The molecule has 0 saturated heterocycles. The van der Waals surface area contributed by atoms with Crippen molar-refractivity contribution in [3.05, 3.63) is 23.9 Å². The molecule has 0 atom stereocenters. The van der Waals surface area contributed by atoms with Crippen molar-refractivity contribution in [3.8, 4) is 0 Å². The summed E-state index contributed by atoms with van der Waals surface area (Å²) in [5.74, 6) is 0.634. The first-order chi connectivity index (χ1) is 9.50. The van der Waals surface area contributed by atoms with Crippen LogP contribution in [0.4, 0.5) is 5.82 Å². The van der Waals surface area contributed by atoms with Crippen LogP contribution in [0.3, 0.4) is 0 Å². The van der Waals surface area contributed by atoms with Crippen LogP contribution in [0.2, 0.25) is 0 Å². The van der Waals surface area contributed by atoms with Crippen LogP contribution in [0.15, 0.2) is 18.3 Å². The van der Waals surface area contributed by atoms with E-state index in [0.29, 0.717) is 17.9 Å². The number of aromatic nitrogens is 1. The van der Waals surface area contributed by atoms with E-state index in [1.165, 1.54) is 11.3 Å². The van der Waals surface area contributed by atoms with Crippen molar-refractivity contribution in [2.75, 3.05) is 26.0 Å². The SMILES string of the molecule is CN(C)C(=O)c1ccc(NCC2(O)CCCCC2)nc1. The van der Waals surface area contributed by atoms with Gasteiger partial charge in [0.25, 0.3) is 5.91 Å². The first-order valence-electron chi connectivity index (χ1n) is 7.14. The molecule has 1 amide bonds. The van der Waals surface area contributed by atoms with Crippen molar-refractivity contribution in [1.82, 2.24) is 9.88 Å². The first kappa shape index (κ1) is 14.8. The van der Waals surface area contributed by atoms with Crippen molar-refractivity contribution in [3.63, 3.8) is 0 Å². The number of aliphatic hydroxyl groups is 1. The van der Waals surface area contributed by atoms with Crippen molar-refractivity contribution in [2.24, 2.45) is 0 Å². The molecule has 1 saturated carbocycles. The van der Waals surface area contributed by atoms with Gasteiger partial charge in [-0.05, 0) is 25.0 Å². The number of nitrogens with one attached hydrogen (secondary N) is 1. The summed E-state index contributed by atoms with van der Waals surface area (Å²) >= 11 is 0. The number of pyridine rings is 1. The number of amides is 1. The largest absolute Gasteiger partial charge is 0.388 e. The fourth-order valence-electron chi connectivity index (χ4n) is 2.52. The highest BCUT2D eigenvalue weighted by Gasteiger charge is 2.28. The lowest BCUT2D eigenvalue weighted by Crippen LogP contribution is -2.38. The van der Waals surface area contributed by atoms with Gasteiger partial charge >= 0.3 is 0 Å². The molecule has 110 valence electrons. The molecule has 1 fully saturated rings. The van der Waals surface area contributed by atoms with Gasteiger partial charge in [0.1, 0.15) is 5.82 Å². The molecular weight excluding hydrogens is 254 g/mol. The van der Waals surface area contributed by atoms with Gasteiger partial charge in [0.15, 0.2) is 0 Å². The molecule has 1 aromatic rings. The zero-order chi connectivity index (χ0) is 14.6. The van der Waals surface area contributed by atoms with Gasteiger partial charge in [0, 0.05) is 26.8 Å². The van der Waals surface area contributed by atoms with Gasteiger partial charge in [-0.15, -0.1) is 0 Å². The minimum atomic E-state index is -0.613. The minimum Gasteiger partial charge on any atom is -0.388 e. The molecule has 5 nitrogen and oxygen atoms in total. The summed E-state index contributed by atoms with van der Waals surface area (Å²) in [5, 5.41) is 13.6. The Hall–Kier alpha value is -1.62. The normalized spacial score (nSPS) is 17.6. The maximum absolute atomic E-state index is 11.7. The molecule has 1 aliphatic rings. The van der Waals surface area contributed by atoms with Gasteiger partial charge in [-0.25, -0.2) is 4.98 Å². The number of hydrogen-bond acceptors (Lipinski definition) is 4. The summed E-state index contributed by atoms with van der Waals surface area (Å²) < 4.78 is 0. The van der Waals surface area contributed by atoms with Crippen LogP contribution in [-0.4, -0.2) is 47.1 Å². The van der Waals surface area contributed by atoms with E-state index >= 15 is 0 Å². The summed E-state index contributed by atoms with van der Waals surface area (Å²) in [7, 11) is 3.43. The van der Waals surface area contributed by atoms with Crippen molar-refractivity contribution >= 4 is 11.7 Å².